The van der Waals surface area contributed by atoms with E-state index in [2.05, 4.69) is 10.4 Å². The summed E-state index contributed by atoms with van der Waals surface area (Å²) in [5.74, 6) is 0.0508. The van der Waals surface area contributed by atoms with E-state index in [0.29, 0.717) is 26.8 Å². The maximum Gasteiger partial charge on any atom is 0.434 e. The zero-order valence-electron chi connectivity index (χ0n) is 16.8. The Bertz CT molecular complexity index is 1080. The van der Waals surface area contributed by atoms with E-state index in [1.807, 2.05) is 0 Å². The van der Waals surface area contributed by atoms with Gasteiger partial charge < -0.3 is 14.8 Å². The lowest BCUT2D eigenvalue weighted by molar-refractivity contribution is -0.143. The lowest BCUT2D eigenvalue weighted by Crippen LogP contribution is -2.29. The van der Waals surface area contributed by atoms with E-state index >= 15 is 0 Å². The molecular formula is C21H19ClF3N3O3. The van der Waals surface area contributed by atoms with Gasteiger partial charge in [-0.3, -0.25) is 4.79 Å². The second kappa shape index (κ2) is 8.89. The Hall–Kier alpha value is -3.20. The number of halogens is 4. The molecule has 1 heterocycles. The molecule has 1 atom stereocenters. The fourth-order valence-electron chi connectivity index (χ4n) is 3.10. The van der Waals surface area contributed by atoms with Crippen LogP contribution in [-0.4, -0.2) is 29.9 Å². The van der Waals surface area contributed by atoms with Crippen molar-refractivity contribution in [3.8, 4) is 17.2 Å². The molecule has 0 aliphatic rings. The Balaban J connectivity index is 1.96. The van der Waals surface area contributed by atoms with Gasteiger partial charge in [-0.15, -0.1) is 0 Å². The van der Waals surface area contributed by atoms with Crippen LogP contribution >= 0.6 is 11.6 Å². The molecule has 31 heavy (non-hydrogen) atoms. The minimum absolute atomic E-state index is 0.123. The van der Waals surface area contributed by atoms with Crippen LogP contribution in [0.15, 0.2) is 48.7 Å². The van der Waals surface area contributed by atoms with Crippen molar-refractivity contribution in [1.29, 1.82) is 0 Å². The minimum Gasteiger partial charge on any atom is -0.497 e. The van der Waals surface area contributed by atoms with Crippen molar-refractivity contribution in [3.63, 3.8) is 0 Å². The highest BCUT2D eigenvalue weighted by Gasteiger charge is 2.40. The molecule has 1 amide bonds. The van der Waals surface area contributed by atoms with E-state index in [4.69, 9.17) is 21.1 Å². The summed E-state index contributed by atoms with van der Waals surface area (Å²) in [6, 6.07) is 9.95. The van der Waals surface area contributed by atoms with Crippen LogP contribution in [0.5, 0.6) is 11.5 Å². The van der Waals surface area contributed by atoms with Crippen LogP contribution in [0.3, 0.4) is 0 Å². The first-order valence-electron chi connectivity index (χ1n) is 9.09. The zero-order chi connectivity index (χ0) is 22.8. The molecule has 3 rings (SSSR count). The summed E-state index contributed by atoms with van der Waals surface area (Å²) in [4.78, 5) is 12.8. The molecule has 2 aromatic carbocycles. The highest BCUT2D eigenvalue weighted by molar-refractivity contribution is 6.30. The highest BCUT2D eigenvalue weighted by atomic mass is 35.5. The molecule has 1 unspecified atom stereocenters. The number of alkyl halides is 3. The van der Waals surface area contributed by atoms with Crippen LogP contribution in [-0.2, 0) is 6.18 Å². The van der Waals surface area contributed by atoms with Crippen LogP contribution in [0.1, 0.15) is 34.6 Å². The molecule has 3 aromatic rings. The van der Waals surface area contributed by atoms with Gasteiger partial charge in [0, 0.05) is 10.6 Å². The third kappa shape index (κ3) is 4.77. The smallest absolute Gasteiger partial charge is 0.434 e. The van der Waals surface area contributed by atoms with Crippen molar-refractivity contribution in [2.45, 2.75) is 19.1 Å². The summed E-state index contributed by atoms with van der Waals surface area (Å²) < 4.78 is 52.7. The number of amides is 1. The summed E-state index contributed by atoms with van der Waals surface area (Å²) in [6.07, 6.45) is -3.93. The third-order valence-corrected chi connectivity index (χ3v) is 4.86. The second-order valence-electron chi connectivity index (χ2n) is 6.60. The first kappa shape index (κ1) is 22.5. The largest absolute Gasteiger partial charge is 0.497 e. The molecule has 0 saturated carbocycles. The predicted molar refractivity (Wildman–Crippen MR) is 109 cm³/mol. The quantitative estimate of drug-likeness (QED) is 0.567. The molecular weight excluding hydrogens is 435 g/mol. The van der Waals surface area contributed by atoms with E-state index in [0.717, 1.165) is 6.20 Å². The van der Waals surface area contributed by atoms with Crippen molar-refractivity contribution >= 4 is 17.5 Å². The molecule has 6 nitrogen and oxygen atoms in total. The average Bonchev–Trinajstić information content (AvgIpc) is 3.19. The monoisotopic (exact) mass is 453 g/mol. The molecule has 0 fully saturated rings. The molecule has 1 aromatic heterocycles. The number of ether oxygens (including phenoxy) is 2. The summed E-state index contributed by atoms with van der Waals surface area (Å²) in [5.41, 5.74) is -1.11. The van der Waals surface area contributed by atoms with E-state index in [9.17, 15) is 18.0 Å². The number of carbonyl (C=O) groups is 1. The number of hydrogen-bond donors (Lipinski definition) is 1. The number of benzene rings is 2. The molecule has 0 aliphatic heterocycles. The third-order valence-electron chi connectivity index (χ3n) is 4.60. The summed E-state index contributed by atoms with van der Waals surface area (Å²) in [7, 11) is 2.94. The van der Waals surface area contributed by atoms with Crippen LogP contribution in [0.25, 0.3) is 5.69 Å². The van der Waals surface area contributed by atoms with Crippen LogP contribution < -0.4 is 14.8 Å². The maximum absolute atomic E-state index is 13.8. The molecule has 0 spiro atoms. The number of nitrogens with zero attached hydrogens (tertiary/aromatic N) is 2. The molecule has 0 saturated heterocycles. The van der Waals surface area contributed by atoms with Gasteiger partial charge in [0.05, 0.1) is 37.7 Å². The SMILES string of the molecule is COc1ccc(OC)c(C(C)NC(=O)c2cnn(-c3ccc(Cl)cc3)c2C(F)(F)F)c1. The maximum atomic E-state index is 13.8. The number of aromatic nitrogens is 2. The standard InChI is InChI=1S/C21H19ClF3N3O3/c1-12(16-10-15(30-2)8-9-18(16)31-3)27-20(29)17-11-26-28(19(17)21(23,24)25)14-6-4-13(22)5-7-14/h4-12H,1-3H3,(H,27,29). The summed E-state index contributed by atoms with van der Waals surface area (Å²) in [6.45, 7) is 1.63. The van der Waals surface area contributed by atoms with Gasteiger partial charge in [0.25, 0.3) is 5.91 Å². The van der Waals surface area contributed by atoms with Gasteiger partial charge in [-0.05, 0) is 49.4 Å². The summed E-state index contributed by atoms with van der Waals surface area (Å²) >= 11 is 5.81. The Morgan fingerprint density at radius 3 is 2.39 bits per heavy atom. The molecule has 164 valence electrons. The van der Waals surface area contributed by atoms with Gasteiger partial charge in [-0.25, -0.2) is 4.68 Å². The van der Waals surface area contributed by atoms with Crippen LogP contribution in [0, 0.1) is 0 Å². The Morgan fingerprint density at radius 2 is 1.81 bits per heavy atom. The summed E-state index contributed by atoms with van der Waals surface area (Å²) in [5, 5.41) is 6.73. The van der Waals surface area contributed by atoms with Gasteiger partial charge in [0.2, 0.25) is 0 Å². The lowest BCUT2D eigenvalue weighted by Gasteiger charge is -2.19. The zero-order valence-corrected chi connectivity index (χ0v) is 17.6. The van der Waals surface area contributed by atoms with Crippen molar-refractivity contribution in [2.75, 3.05) is 14.2 Å². The number of rotatable bonds is 6. The van der Waals surface area contributed by atoms with Crippen LogP contribution in [0.2, 0.25) is 5.02 Å². The fourth-order valence-corrected chi connectivity index (χ4v) is 3.22. The first-order chi connectivity index (χ1) is 14.7. The van der Waals surface area contributed by atoms with Crippen molar-refractivity contribution in [2.24, 2.45) is 0 Å². The van der Waals surface area contributed by atoms with Crippen LogP contribution in [0.4, 0.5) is 13.2 Å². The molecule has 1 N–H and O–H groups in total. The number of methoxy groups -OCH3 is 2. The topological polar surface area (TPSA) is 65.4 Å². The van der Waals surface area contributed by atoms with Gasteiger partial charge >= 0.3 is 6.18 Å². The van der Waals surface area contributed by atoms with E-state index < -0.39 is 29.4 Å². The van der Waals surface area contributed by atoms with Gasteiger partial charge in [-0.1, -0.05) is 11.6 Å². The van der Waals surface area contributed by atoms with Gasteiger partial charge in [-0.2, -0.15) is 18.3 Å². The van der Waals surface area contributed by atoms with Crippen molar-refractivity contribution < 1.29 is 27.4 Å². The van der Waals surface area contributed by atoms with E-state index in [1.54, 1.807) is 25.1 Å². The fraction of sp³-hybridized carbons (Fsp3) is 0.238. The number of nitrogens with one attached hydrogen (secondary N) is 1. The molecule has 10 heteroatoms. The number of hydrogen-bond acceptors (Lipinski definition) is 4. The van der Waals surface area contributed by atoms with Gasteiger partial charge in [0.1, 0.15) is 11.5 Å². The normalized spacial score (nSPS) is 12.4. The highest BCUT2D eigenvalue weighted by Crippen LogP contribution is 2.35. The predicted octanol–water partition coefficient (Wildman–Crippen LogP) is 5.05. The van der Waals surface area contributed by atoms with Gasteiger partial charge in [0.15, 0.2) is 5.69 Å². The Kier molecular flexibility index (Phi) is 6.45. The van der Waals surface area contributed by atoms with Crippen molar-refractivity contribution in [1.82, 2.24) is 15.1 Å². The average molecular weight is 454 g/mol. The van der Waals surface area contributed by atoms with E-state index in [1.165, 1.54) is 38.5 Å². The van der Waals surface area contributed by atoms with Crippen molar-refractivity contribution in [3.05, 3.63) is 70.5 Å². The Labute approximate surface area is 181 Å². The lowest BCUT2D eigenvalue weighted by atomic mass is 10.1. The Morgan fingerprint density at radius 1 is 1.13 bits per heavy atom. The first-order valence-corrected chi connectivity index (χ1v) is 9.47. The number of carbonyl (C=O) groups excluding carboxylic acids is 1. The molecule has 0 radical (unpaired) electrons. The molecule has 0 bridgehead atoms. The van der Waals surface area contributed by atoms with E-state index in [-0.39, 0.29) is 5.69 Å². The molecule has 0 aliphatic carbocycles. The minimum atomic E-state index is -4.82. The second-order valence-corrected chi connectivity index (χ2v) is 7.03.